The van der Waals surface area contributed by atoms with E-state index in [0.717, 1.165) is 21.3 Å². The second-order valence-electron chi connectivity index (χ2n) is 3.59. The zero-order valence-corrected chi connectivity index (χ0v) is 10.5. The highest BCUT2D eigenvalue weighted by Crippen LogP contribution is 2.27. The van der Waals surface area contributed by atoms with Crippen molar-refractivity contribution >= 4 is 15.9 Å². The molecule has 0 spiro atoms. The molecule has 0 amide bonds. The highest BCUT2D eigenvalue weighted by Gasteiger charge is 2.14. The molecular formula is C12H12BrN3. The number of nitrogens with two attached hydrogens (primary N) is 1. The zero-order chi connectivity index (χ0) is 11.5. The second-order valence-corrected chi connectivity index (χ2v) is 4.38. The average molecular weight is 278 g/mol. The van der Waals surface area contributed by atoms with Gasteiger partial charge in [-0.1, -0.05) is 34.1 Å². The fraction of sp³-hybridized carbons (Fsp3) is 0.167. The van der Waals surface area contributed by atoms with Gasteiger partial charge < -0.3 is 5.73 Å². The molecule has 1 aromatic heterocycles. The summed E-state index contributed by atoms with van der Waals surface area (Å²) in [5.41, 5.74) is 9.12. The molecule has 3 nitrogen and oxygen atoms in total. The molecular weight excluding hydrogens is 266 g/mol. The van der Waals surface area contributed by atoms with Crippen molar-refractivity contribution < 1.29 is 0 Å². The van der Waals surface area contributed by atoms with Crippen LogP contribution in [-0.4, -0.2) is 9.97 Å². The molecule has 0 aliphatic heterocycles. The molecule has 0 saturated carbocycles. The van der Waals surface area contributed by atoms with E-state index in [4.69, 9.17) is 5.73 Å². The Hall–Kier alpha value is -1.26. The van der Waals surface area contributed by atoms with Gasteiger partial charge in [0.1, 0.15) is 0 Å². The van der Waals surface area contributed by atoms with Crippen LogP contribution in [0.4, 0.5) is 0 Å². The summed E-state index contributed by atoms with van der Waals surface area (Å²) in [5.74, 6) is 0. The first kappa shape index (κ1) is 11.2. The molecule has 0 aliphatic carbocycles. The number of hydrogen-bond donors (Lipinski definition) is 1. The van der Waals surface area contributed by atoms with Gasteiger partial charge in [-0.15, -0.1) is 0 Å². The Morgan fingerprint density at radius 2 is 2.12 bits per heavy atom. The summed E-state index contributed by atoms with van der Waals surface area (Å²) >= 11 is 3.55. The molecule has 1 heterocycles. The number of aryl methyl sites for hydroxylation is 1. The van der Waals surface area contributed by atoms with Crippen LogP contribution in [0.1, 0.15) is 22.9 Å². The van der Waals surface area contributed by atoms with E-state index in [1.165, 1.54) is 0 Å². The van der Waals surface area contributed by atoms with Gasteiger partial charge in [0, 0.05) is 16.9 Å². The van der Waals surface area contributed by atoms with Gasteiger partial charge in [-0.25, -0.2) is 0 Å². The van der Waals surface area contributed by atoms with Crippen molar-refractivity contribution in [3.8, 4) is 0 Å². The van der Waals surface area contributed by atoms with E-state index in [1.807, 2.05) is 25.1 Å². The summed E-state index contributed by atoms with van der Waals surface area (Å²) in [5, 5.41) is 0. The largest absolute Gasteiger partial charge is 0.319 e. The highest BCUT2D eigenvalue weighted by atomic mass is 79.9. The molecule has 2 N–H and O–H groups in total. The van der Waals surface area contributed by atoms with Gasteiger partial charge in [-0.3, -0.25) is 9.97 Å². The van der Waals surface area contributed by atoms with Gasteiger partial charge in [0.05, 0.1) is 17.9 Å². The molecule has 0 fully saturated rings. The Labute approximate surface area is 103 Å². The van der Waals surface area contributed by atoms with Crippen LogP contribution >= 0.6 is 15.9 Å². The summed E-state index contributed by atoms with van der Waals surface area (Å²) in [7, 11) is 0. The molecule has 0 radical (unpaired) electrons. The van der Waals surface area contributed by atoms with Crippen LogP contribution in [0.25, 0.3) is 0 Å². The first-order chi connectivity index (χ1) is 7.70. The van der Waals surface area contributed by atoms with E-state index < -0.39 is 0 Å². The van der Waals surface area contributed by atoms with Crippen molar-refractivity contribution in [2.45, 2.75) is 13.0 Å². The number of aromatic nitrogens is 2. The summed E-state index contributed by atoms with van der Waals surface area (Å²) in [6, 6.07) is 5.78. The van der Waals surface area contributed by atoms with Crippen LogP contribution in [0.5, 0.6) is 0 Å². The van der Waals surface area contributed by atoms with E-state index in [-0.39, 0.29) is 6.04 Å². The fourth-order valence-electron chi connectivity index (χ4n) is 1.54. The fourth-order valence-corrected chi connectivity index (χ4v) is 2.05. The SMILES string of the molecule is Cc1cccc(C(N)c2cnccn2)c1Br. The molecule has 2 aromatic rings. The van der Waals surface area contributed by atoms with Crippen molar-refractivity contribution in [1.29, 1.82) is 0 Å². The smallest absolute Gasteiger partial charge is 0.0799 e. The lowest BCUT2D eigenvalue weighted by Crippen LogP contribution is -2.14. The van der Waals surface area contributed by atoms with E-state index >= 15 is 0 Å². The van der Waals surface area contributed by atoms with Crippen LogP contribution in [0, 0.1) is 6.92 Å². The van der Waals surface area contributed by atoms with E-state index in [9.17, 15) is 0 Å². The first-order valence-electron chi connectivity index (χ1n) is 4.96. The Morgan fingerprint density at radius 3 is 2.81 bits per heavy atom. The van der Waals surface area contributed by atoms with Gasteiger partial charge in [-0.05, 0) is 18.1 Å². The molecule has 1 atom stereocenters. The third-order valence-electron chi connectivity index (χ3n) is 2.46. The van der Waals surface area contributed by atoms with Crippen molar-refractivity contribution in [3.63, 3.8) is 0 Å². The third-order valence-corrected chi connectivity index (χ3v) is 3.54. The Kier molecular flexibility index (Phi) is 3.31. The van der Waals surface area contributed by atoms with Gasteiger partial charge >= 0.3 is 0 Å². The van der Waals surface area contributed by atoms with Crippen molar-refractivity contribution in [3.05, 3.63) is 58.1 Å². The third kappa shape index (κ3) is 2.13. The van der Waals surface area contributed by atoms with Gasteiger partial charge in [0.2, 0.25) is 0 Å². The van der Waals surface area contributed by atoms with Gasteiger partial charge in [0.15, 0.2) is 0 Å². The number of hydrogen-bond acceptors (Lipinski definition) is 3. The Balaban J connectivity index is 2.42. The molecule has 2 rings (SSSR count). The van der Waals surface area contributed by atoms with Crippen LogP contribution in [-0.2, 0) is 0 Å². The number of halogens is 1. The van der Waals surface area contributed by atoms with Crippen LogP contribution in [0.15, 0.2) is 41.3 Å². The quantitative estimate of drug-likeness (QED) is 0.918. The lowest BCUT2D eigenvalue weighted by atomic mass is 10.0. The predicted octanol–water partition coefficient (Wildman–Crippen LogP) is 2.60. The standard InChI is InChI=1S/C12H12BrN3/c1-8-3-2-4-9(11(8)13)12(14)10-7-15-5-6-16-10/h2-7,12H,14H2,1H3. The highest BCUT2D eigenvalue weighted by molar-refractivity contribution is 9.10. The van der Waals surface area contributed by atoms with Crippen molar-refractivity contribution in [2.75, 3.05) is 0 Å². The monoisotopic (exact) mass is 277 g/mol. The van der Waals surface area contributed by atoms with Gasteiger partial charge in [0.25, 0.3) is 0 Å². The average Bonchev–Trinajstić information content (AvgIpc) is 2.33. The lowest BCUT2D eigenvalue weighted by molar-refractivity contribution is 0.812. The maximum atomic E-state index is 6.15. The minimum absolute atomic E-state index is 0.247. The minimum atomic E-state index is -0.247. The predicted molar refractivity (Wildman–Crippen MR) is 66.9 cm³/mol. The molecule has 0 saturated heterocycles. The van der Waals surface area contributed by atoms with Crippen molar-refractivity contribution in [1.82, 2.24) is 9.97 Å². The number of benzene rings is 1. The summed E-state index contributed by atoms with van der Waals surface area (Å²) in [6.07, 6.45) is 4.99. The Morgan fingerprint density at radius 1 is 1.31 bits per heavy atom. The number of nitrogens with zero attached hydrogens (tertiary/aromatic N) is 2. The van der Waals surface area contributed by atoms with E-state index in [1.54, 1.807) is 18.6 Å². The van der Waals surface area contributed by atoms with E-state index in [2.05, 4.69) is 25.9 Å². The maximum Gasteiger partial charge on any atom is 0.0799 e. The molecule has 0 aliphatic rings. The first-order valence-corrected chi connectivity index (χ1v) is 5.76. The van der Waals surface area contributed by atoms with Crippen LogP contribution in [0.3, 0.4) is 0 Å². The van der Waals surface area contributed by atoms with E-state index in [0.29, 0.717) is 0 Å². The zero-order valence-electron chi connectivity index (χ0n) is 8.89. The molecule has 1 unspecified atom stereocenters. The molecule has 0 bridgehead atoms. The molecule has 82 valence electrons. The molecule has 4 heteroatoms. The molecule has 1 aromatic carbocycles. The second kappa shape index (κ2) is 4.72. The summed E-state index contributed by atoms with van der Waals surface area (Å²) < 4.78 is 1.04. The van der Waals surface area contributed by atoms with Crippen molar-refractivity contribution in [2.24, 2.45) is 5.73 Å². The summed E-state index contributed by atoms with van der Waals surface area (Å²) in [4.78, 5) is 8.24. The molecule has 16 heavy (non-hydrogen) atoms. The summed E-state index contributed by atoms with van der Waals surface area (Å²) in [6.45, 7) is 2.04. The lowest BCUT2D eigenvalue weighted by Gasteiger charge is -2.14. The van der Waals surface area contributed by atoms with Gasteiger partial charge in [-0.2, -0.15) is 0 Å². The maximum absolute atomic E-state index is 6.15. The van der Waals surface area contributed by atoms with Crippen LogP contribution in [0.2, 0.25) is 0 Å². The number of rotatable bonds is 2. The minimum Gasteiger partial charge on any atom is -0.319 e. The van der Waals surface area contributed by atoms with Crippen LogP contribution < -0.4 is 5.73 Å². The topological polar surface area (TPSA) is 51.8 Å². The Bertz CT molecular complexity index is 485. The normalized spacial score (nSPS) is 12.4.